The van der Waals surface area contributed by atoms with Crippen LogP contribution < -0.4 is 0 Å². The normalized spacial score (nSPS) is 16.3. The first-order valence-electron chi connectivity index (χ1n) is 9.25. The van der Waals surface area contributed by atoms with Gasteiger partial charge in [-0.15, -0.1) is 10.2 Å². The molecule has 10 heteroatoms. The lowest BCUT2D eigenvalue weighted by atomic mass is 10.0. The number of rotatable bonds is 5. The van der Waals surface area contributed by atoms with Crippen LogP contribution in [0.3, 0.4) is 0 Å². The molecule has 1 aliphatic rings. The third-order valence-electron chi connectivity index (χ3n) is 5.17. The number of aromatic nitrogens is 7. The molecule has 0 spiro atoms. The molecule has 146 valence electrons. The molecule has 0 bridgehead atoms. The number of hydrogen-bond acceptors (Lipinski definition) is 6. The minimum atomic E-state index is -0.566. The van der Waals surface area contributed by atoms with Crippen molar-refractivity contribution in [2.45, 2.75) is 38.3 Å². The van der Waals surface area contributed by atoms with Crippen molar-refractivity contribution >= 4 is 5.91 Å². The minimum absolute atomic E-state index is 0.0308. The van der Waals surface area contributed by atoms with E-state index >= 15 is 0 Å². The first kappa shape index (κ1) is 18.2. The van der Waals surface area contributed by atoms with E-state index in [1.807, 2.05) is 15.8 Å². The number of piperidine rings is 1. The van der Waals surface area contributed by atoms with Gasteiger partial charge in [-0.1, -0.05) is 17.3 Å². The lowest BCUT2D eigenvalue weighted by Gasteiger charge is -2.34. The Labute approximate surface area is 161 Å². The number of aryl methyl sites for hydroxylation is 1. The number of halogens is 1. The van der Waals surface area contributed by atoms with Crippen molar-refractivity contribution < 1.29 is 9.18 Å². The molecule has 0 saturated carbocycles. The Morgan fingerprint density at radius 3 is 2.57 bits per heavy atom. The fraction of sp³-hybridized carbons (Fsp3) is 0.444. The van der Waals surface area contributed by atoms with E-state index in [4.69, 9.17) is 0 Å². The Bertz CT molecular complexity index is 915. The molecule has 1 amide bonds. The van der Waals surface area contributed by atoms with Gasteiger partial charge in [0.05, 0.1) is 12.2 Å². The molecule has 2 aromatic heterocycles. The Morgan fingerprint density at radius 1 is 1.21 bits per heavy atom. The standard InChI is InChI=1S/C18H21FN8O/c1-13-21-22-24-27(13)17(12-14-2-4-15(19)5-3-14)18(28)25-9-6-16(7-10-25)26-11-8-20-23-26/h2-5,8,11,16-17H,6-7,9-10,12H2,1H3/t17-/m1/s1. The van der Waals surface area contributed by atoms with Crippen LogP contribution in [0.5, 0.6) is 0 Å². The zero-order valence-electron chi connectivity index (χ0n) is 15.5. The molecule has 1 aliphatic heterocycles. The predicted octanol–water partition coefficient (Wildman–Crippen LogP) is 1.36. The highest BCUT2D eigenvalue weighted by atomic mass is 19.1. The molecule has 3 heterocycles. The molecular formula is C18H21FN8O. The number of likely N-dealkylation sites (tertiary alicyclic amines) is 1. The first-order valence-corrected chi connectivity index (χ1v) is 9.25. The molecule has 0 N–H and O–H groups in total. The molecule has 9 nitrogen and oxygen atoms in total. The average Bonchev–Trinajstić information content (AvgIpc) is 3.39. The summed E-state index contributed by atoms with van der Waals surface area (Å²) in [6.07, 6.45) is 5.54. The molecule has 1 aromatic carbocycles. The van der Waals surface area contributed by atoms with Crippen molar-refractivity contribution in [3.05, 3.63) is 53.9 Å². The smallest absolute Gasteiger partial charge is 0.247 e. The van der Waals surface area contributed by atoms with E-state index in [2.05, 4.69) is 25.8 Å². The van der Waals surface area contributed by atoms with Crippen LogP contribution in [-0.2, 0) is 11.2 Å². The first-order chi connectivity index (χ1) is 13.6. The Hall–Kier alpha value is -3.17. The highest BCUT2D eigenvalue weighted by Gasteiger charge is 2.31. The number of benzene rings is 1. The van der Waals surface area contributed by atoms with Gasteiger partial charge < -0.3 is 4.90 Å². The second-order valence-corrected chi connectivity index (χ2v) is 6.96. The number of carbonyl (C=O) groups is 1. The lowest BCUT2D eigenvalue weighted by molar-refractivity contribution is -0.136. The summed E-state index contributed by atoms with van der Waals surface area (Å²) >= 11 is 0. The van der Waals surface area contributed by atoms with E-state index in [0.29, 0.717) is 25.3 Å². The van der Waals surface area contributed by atoms with E-state index < -0.39 is 6.04 Å². The number of nitrogens with zero attached hydrogens (tertiary/aromatic N) is 8. The molecule has 0 radical (unpaired) electrons. The maximum absolute atomic E-state index is 13.3. The summed E-state index contributed by atoms with van der Waals surface area (Å²) in [6.45, 7) is 3.02. The third kappa shape index (κ3) is 3.75. The number of tetrazole rings is 1. The number of amides is 1. The predicted molar refractivity (Wildman–Crippen MR) is 96.6 cm³/mol. The molecule has 4 rings (SSSR count). The molecule has 3 aromatic rings. The second kappa shape index (κ2) is 7.83. The Balaban J connectivity index is 1.50. The molecule has 28 heavy (non-hydrogen) atoms. The van der Waals surface area contributed by atoms with Gasteiger partial charge in [0.15, 0.2) is 0 Å². The van der Waals surface area contributed by atoms with Gasteiger partial charge in [0.25, 0.3) is 0 Å². The van der Waals surface area contributed by atoms with Gasteiger partial charge in [0.1, 0.15) is 17.7 Å². The highest BCUT2D eigenvalue weighted by Crippen LogP contribution is 2.25. The lowest BCUT2D eigenvalue weighted by Crippen LogP contribution is -2.44. The van der Waals surface area contributed by atoms with Crippen molar-refractivity contribution in [2.75, 3.05) is 13.1 Å². The van der Waals surface area contributed by atoms with Gasteiger partial charge >= 0.3 is 0 Å². The van der Waals surface area contributed by atoms with Crippen LogP contribution in [-0.4, -0.2) is 59.1 Å². The maximum Gasteiger partial charge on any atom is 0.247 e. The number of hydrogen-bond donors (Lipinski definition) is 0. The molecule has 0 aliphatic carbocycles. The fourth-order valence-electron chi connectivity index (χ4n) is 3.62. The van der Waals surface area contributed by atoms with Gasteiger partial charge in [-0.3, -0.25) is 4.79 Å². The zero-order valence-corrected chi connectivity index (χ0v) is 15.5. The summed E-state index contributed by atoms with van der Waals surface area (Å²) in [7, 11) is 0. The molecule has 1 atom stereocenters. The Morgan fingerprint density at radius 2 is 1.96 bits per heavy atom. The van der Waals surface area contributed by atoms with Crippen LogP contribution in [0.4, 0.5) is 4.39 Å². The van der Waals surface area contributed by atoms with Crippen molar-refractivity contribution in [1.29, 1.82) is 0 Å². The van der Waals surface area contributed by atoms with Crippen LogP contribution in [0.25, 0.3) is 0 Å². The second-order valence-electron chi connectivity index (χ2n) is 6.96. The molecule has 1 fully saturated rings. The Kier molecular flexibility index (Phi) is 5.09. The number of carbonyl (C=O) groups excluding carboxylic acids is 1. The van der Waals surface area contributed by atoms with E-state index in [1.165, 1.54) is 12.1 Å². The summed E-state index contributed by atoms with van der Waals surface area (Å²) in [4.78, 5) is 15.2. The van der Waals surface area contributed by atoms with Crippen LogP contribution in [0.2, 0.25) is 0 Å². The van der Waals surface area contributed by atoms with E-state index in [-0.39, 0.29) is 17.8 Å². The van der Waals surface area contributed by atoms with E-state index in [9.17, 15) is 9.18 Å². The van der Waals surface area contributed by atoms with Crippen LogP contribution in [0, 0.1) is 12.7 Å². The van der Waals surface area contributed by atoms with Gasteiger partial charge in [0.2, 0.25) is 5.91 Å². The topological polar surface area (TPSA) is 94.6 Å². The monoisotopic (exact) mass is 384 g/mol. The van der Waals surface area contributed by atoms with Crippen LogP contribution >= 0.6 is 0 Å². The fourth-order valence-corrected chi connectivity index (χ4v) is 3.62. The van der Waals surface area contributed by atoms with Crippen molar-refractivity contribution in [3.63, 3.8) is 0 Å². The van der Waals surface area contributed by atoms with E-state index in [1.54, 1.807) is 29.9 Å². The zero-order chi connectivity index (χ0) is 19.5. The van der Waals surface area contributed by atoms with Crippen LogP contribution in [0.1, 0.15) is 36.3 Å². The van der Waals surface area contributed by atoms with E-state index in [0.717, 1.165) is 18.4 Å². The highest BCUT2D eigenvalue weighted by molar-refractivity contribution is 5.80. The summed E-state index contributed by atoms with van der Waals surface area (Å²) < 4.78 is 16.6. The maximum atomic E-state index is 13.3. The quantitative estimate of drug-likeness (QED) is 0.659. The summed E-state index contributed by atoms with van der Waals surface area (Å²) in [5.41, 5.74) is 0.854. The third-order valence-corrected chi connectivity index (χ3v) is 5.17. The molecule has 0 unspecified atom stereocenters. The molecular weight excluding hydrogens is 363 g/mol. The van der Waals surface area contributed by atoms with Gasteiger partial charge in [-0.25, -0.2) is 13.8 Å². The summed E-state index contributed by atoms with van der Waals surface area (Å²) in [5.74, 6) is 0.232. The van der Waals surface area contributed by atoms with Crippen LogP contribution in [0.15, 0.2) is 36.7 Å². The van der Waals surface area contributed by atoms with Gasteiger partial charge in [0, 0.05) is 25.7 Å². The largest absolute Gasteiger partial charge is 0.341 e. The molecule has 1 saturated heterocycles. The van der Waals surface area contributed by atoms with Crippen molar-refractivity contribution in [3.8, 4) is 0 Å². The van der Waals surface area contributed by atoms with Crippen molar-refractivity contribution in [2.24, 2.45) is 0 Å². The van der Waals surface area contributed by atoms with Gasteiger partial charge in [-0.2, -0.15) is 0 Å². The van der Waals surface area contributed by atoms with Gasteiger partial charge in [-0.05, 0) is 47.9 Å². The SMILES string of the molecule is Cc1nnnn1[C@H](Cc1ccc(F)cc1)C(=O)N1CCC(n2ccnn2)CC1. The minimum Gasteiger partial charge on any atom is -0.341 e. The summed E-state index contributed by atoms with van der Waals surface area (Å²) in [6, 6.07) is 5.85. The summed E-state index contributed by atoms with van der Waals surface area (Å²) in [5, 5.41) is 19.5. The average molecular weight is 384 g/mol. The van der Waals surface area contributed by atoms with Crippen molar-refractivity contribution in [1.82, 2.24) is 40.1 Å².